The number of alkyl halides is 3. The van der Waals surface area contributed by atoms with Gasteiger partial charge in [0.1, 0.15) is 5.60 Å². The Balaban J connectivity index is 2.07. The summed E-state index contributed by atoms with van der Waals surface area (Å²) in [4.78, 5) is 13.3. The lowest BCUT2D eigenvalue weighted by Crippen LogP contribution is -2.31. The van der Waals surface area contributed by atoms with Crippen LogP contribution in [0.2, 0.25) is 0 Å². The largest absolute Gasteiger partial charge is 0.441 e. The van der Waals surface area contributed by atoms with Crippen molar-refractivity contribution in [3.63, 3.8) is 0 Å². The van der Waals surface area contributed by atoms with Crippen molar-refractivity contribution < 1.29 is 22.7 Å². The number of nitrogens with two attached hydrogens (primary N) is 1. The lowest BCUT2D eigenvalue weighted by molar-refractivity contribution is -0.137. The van der Waals surface area contributed by atoms with Crippen LogP contribution in [-0.2, 0) is 17.5 Å². The Labute approximate surface area is 127 Å². The lowest BCUT2D eigenvalue weighted by atomic mass is 10.00. The van der Waals surface area contributed by atoms with Crippen molar-refractivity contribution >= 4 is 6.09 Å². The Kier molecular flexibility index (Phi) is 4.65. The zero-order chi connectivity index (χ0) is 16.4. The van der Waals surface area contributed by atoms with Crippen LogP contribution in [0.5, 0.6) is 0 Å². The van der Waals surface area contributed by atoms with Crippen LogP contribution in [0.1, 0.15) is 30.9 Å². The second kappa shape index (κ2) is 6.16. The van der Waals surface area contributed by atoms with Crippen LogP contribution in [0, 0.1) is 0 Å². The molecule has 2 N–H and O–H groups in total. The fourth-order valence-corrected chi connectivity index (χ4v) is 2.57. The number of benzene rings is 1. The van der Waals surface area contributed by atoms with E-state index in [1.54, 1.807) is 6.07 Å². The maximum Gasteiger partial charge on any atom is 0.416 e. The molecular formula is C15H19F3N2O2. The van der Waals surface area contributed by atoms with Gasteiger partial charge in [-0.25, -0.2) is 4.79 Å². The number of ether oxygens (including phenoxy) is 1. The third-order valence-electron chi connectivity index (χ3n) is 3.65. The highest BCUT2D eigenvalue weighted by atomic mass is 19.4. The fraction of sp³-hybridized carbons (Fsp3) is 0.533. The number of nitrogens with zero attached hydrogens (tertiary/aromatic N) is 1. The van der Waals surface area contributed by atoms with Gasteiger partial charge in [0.05, 0.1) is 12.1 Å². The molecule has 1 amide bonds. The predicted octanol–water partition coefficient (Wildman–Crippen LogP) is 3.16. The van der Waals surface area contributed by atoms with Crippen LogP contribution in [0.3, 0.4) is 0 Å². The SMILES string of the molecule is CC1(CCCN)CN(Cc2cccc(C(F)(F)F)c2)C(=O)O1. The van der Waals surface area contributed by atoms with Gasteiger partial charge in [-0.15, -0.1) is 0 Å². The van der Waals surface area contributed by atoms with Crippen LogP contribution >= 0.6 is 0 Å². The van der Waals surface area contributed by atoms with Gasteiger partial charge in [-0.1, -0.05) is 12.1 Å². The molecule has 1 aliphatic heterocycles. The molecule has 1 saturated heterocycles. The van der Waals surface area contributed by atoms with E-state index < -0.39 is 23.4 Å². The zero-order valence-electron chi connectivity index (χ0n) is 12.3. The van der Waals surface area contributed by atoms with E-state index in [2.05, 4.69) is 0 Å². The molecule has 0 aliphatic carbocycles. The minimum atomic E-state index is -4.39. The topological polar surface area (TPSA) is 55.6 Å². The summed E-state index contributed by atoms with van der Waals surface area (Å²) in [5.74, 6) is 0. The summed E-state index contributed by atoms with van der Waals surface area (Å²) >= 11 is 0. The van der Waals surface area contributed by atoms with Crippen molar-refractivity contribution in [2.24, 2.45) is 5.73 Å². The van der Waals surface area contributed by atoms with Crippen molar-refractivity contribution in [2.45, 2.75) is 38.1 Å². The van der Waals surface area contributed by atoms with Crippen molar-refractivity contribution in [2.75, 3.05) is 13.1 Å². The van der Waals surface area contributed by atoms with Gasteiger partial charge in [0.15, 0.2) is 0 Å². The number of hydrogen-bond donors (Lipinski definition) is 1. The molecule has 1 aliphatic rings. The highest BCUT2D eigenvalue weighted by molar-refractivity contribution is 5.70. The van der Waals surface area contributed by atoms with E-state index in [1.807, 2.05) is 6.92 Å². The molecule has 1 aromatic rings. The molecule has 1 unspecified atom stereocenters. The normalized spacial score (nSPS) is 22.0. The quantitative estimate of drug-likeness (QED) is 0.908. The Morgan fingerprint density at radius 1 is 1.41 bits per heavy atom. The second-order valence-corrected chi connectivity index (χ2v) is 5.76. The summed E-state index contributed by atoms with van der Waals surface area (Å²) < 4.78 is 43.5. The smallest absolute Gasteiger partial charge is 0.416 e. The number of carbonyl (C=O) groups is 1. The molecule has 1 atom stereocenters. The second-order valence-electron chi connectivity index (χ2n) is 5.76. The van der Waals surface area contributed by atoms with E-state index in [1.165, 1.54) is 11.0 Å². The fourth-order valence-electron chi connectivity index (χ4n) is 2.57. The molecule has 0 saturated carbocycles. The molecule has 2 rings (SSSR count). The zero-order valence-corrected chi connectivity index (χ0v) is 12.3. The number of hydrogen-bond acceptors (Lipinski definition) is 3. The molecule has 0 aromatic heterocycles. The first-order chi connectivity index (χ1) is 10.2. The molecule has 7 heteroatoms. The predicted molar refractivity (Wildman–Crippen MR) is 75.0 cm³/mol. The standard InChI is InChI=1S/C15H19F3N2O2/c1-14(6-3-7-19)10-20(13(21)22-14)9-11-4-2-5-12(8-11)15(16,17)18/h2,4-5,8H,3,6-7,9-10,19H2,1H3. The van der Waals surface area contributed by atoms with Crippen molar-refractivity contribution in [1.29, 1.82) is 0 Å². The van der Waals surface area contributed by atoms with E-state index in [-0.39, 0.29) is 6.54 Å². The molecule has 0 radical (unpaired) electrons. The number of carbonyl (C=O) groups excluding carboxylic acids is 1. The van der Waals surface area contributed by atoms with Gasteiger partial charge >= 0.3 is 12.3 Å². The van der Waals surface area contributed by atoms with Crippen molar-refractivity contribution in [1.82, 2.24) is 4.90 Å². The maximum atomic E-state index is 12.7. The summed E-state index contributed by atoms with van der Waals surface area (Å²) in [6.45, 7) is 2.76. The van der Waals surface area contributed by atoms with E-state index in [4.69, 9.17) is 10.5 Å². The summed E-state index contributed by atoms with van der Waals surface area (Å²) in [5, 5.41) is 0. The molecule has 1 aromatic carbocycles. The number of rotatable bonds is 5. The Bertz CT molecular complexity index is 548. The van der Waals surface area contributed by atoms with E-state index >= 15 is 0 Å². The number of halogens is 3. The molecule has 122 valence electrons. The van der Waals surface area contributed by atoms with E-state index in [9.17, 15) is 18.0 Å². The molecule has 0 bridgehead atoms. The van der Waals surface area contributed by atoms with Gasteiger partial charge in [0, 0.05) is 6.54 Å². The Morgan fingerprint density at radius 3 is 2.77 bits per heavy atom. The van der Waals surface area contributed by atoms with Gasteiger partial charge in [-0.05, 0) is 44.0 Å². The van der Waals surface area contributed by atoms with Crippen LogP contribution in [0.4, 0.5) is 18.0 Å². The van der Waals surface area contributed by atoms with Gasteiger partial charge < -0.3 is 10.5 Å². The Hall–Kier alpha value is -1.76. The van der Waals surface area contributed by atoms with Crippen LogP contribution < -0.4 is 5.73 Å². The van der Waals surface area contributed by atoms with Crippen molar-refractivity contribution in [3.05, 3.63) is 35.4 Å². The summed E-state index contributed by atoms with van der Waals surface area (Å²) in [6.07, 6.45) is -3.54. The third kappa shape index (κ3) is 3.91. The first-order valence-corrected chi connectivity index (χ1v) is 7.08. The van der Waals surface area contributed by atoms with Crippen LogP contribution in [0.25, 0.3) is 0 Å². The lowest BCUT2D eigenvalue weighted by Gasteiger charge is -2.21. The van der Waals surface area contributed by atoms with Gasteiger partial charge in [0.25, 0.3) is 0 Å². The molecule has 4 nitrogen and oxygen atoms in total. The van der Waals surface area contributed by atoms with Gasteiger partial charge in [-0.3, -0.25) is 4.90 Å². The van der Waals surface area contributed by atoms with Gasteiger partial charge in [-0.2, -0.15) is 13.2 Å². The molecule has 1 fully saturated rings. The molecule has 1 heterocycles. The molecular weight excluding hydrogens is 297 g/mol. The minimum Gasteiger partial charge on any atom is -0.441 e. The average Bonchev–Trinajstić information content (AvgIpc) is 2.71. The Morgan fingerprint density at radius 2 is 2.14 bits per heavy atom. The highest BCUT2D eigenvalue weighted by Crippen LogP contribution is 2.31. The summed E-state index contributed by atoms with van der Waals surface area (Å²) in [6, 6.07) is 4.98. The minimum absolute atomic E-state index is 0.0982. The summed E-state index contributed by atoms with van der Waals surface area (Å²) in [5.41, 5.74) is 4.54. The molecule has 22 heavy (non-hydrogen) atoms. The number of amides is 1. The van der Waals surface area contributed by atoms with Crippen LogP contribution in [-0.4, -0.2) is 29.7 Å². The maximum absolute atomic E-state index is 12.7. The first-order valence-electron chi connectivity index (χ1n) is 7.08. The highest BCUT2D eigenvalue weighted by Gasteiger charge is 2.40. The first kappa shape index (κ1) is 16.6. The van der Waals surface area contributed by atoms with Crippen LogP contribution in [0.15, 0.2) is 24.3 Å². The van der Waals surface area contributed by atoms with Gasteiger partial charge in [0.2, 0.25) is 0 Å². The molecule has 0 spiro atoms. The monoisotopic (exact) mass is 316 g/mol. The van der Waals surface area contributed by atoms with E-state index in [0.29, 0.717) is 25.1 Å². The average molecular weight is 316 g/mol. The third-order valence-corrected chi connectivity index (χ3v) is 3.65. The summed E-state index contributed by atoms with van der Waals surface area (Å²) in [7, 11) is 0. The number of cyclic esters (lactones) is 1. The van der Waals surface area contributed by atoms with Crippen molar-refractivity contribution in [3.8, 4) is 0 Å². The van der Waals surface area contributed by atoms with E-state index in [0.717, 1.165) is 18.6 Å².